The van der Waals surface area contributed by atoms with Crippen LogP contribution in [0.4, 0.5) is 13.2 Å². The van der Waals surface area contributed by atoms with Crippen molar-refractivity contribution in [1.82, 2.24) is 9.55 Å². The zero-order chi connectivity index (χ0) is 10.1. The molecule has 1 aromatic heterocycles. The van der Waals surface area contributed by atoms with Crippen LogP contribution >= 0.6 is 0 Å². The number of aromatic nitrogens is 2. The van der Waals surface area contributed by atoms with Crippen LogP contribution < -0.4 is 0 Å². The zero-order valence-electron chi connectivity index (χ0n) is 7.00. The molecule has 0 aromatic carbocycles. The van der Waals surface area contributed by atoms with Crippen LogP contribution in [0.15, 0.2) is 6.33 Å². The van der Waals surface area contributed by atoms with Gasteiger partial charge in [0.15, 0.2) is 11.4 Å². The summed E-state index contributed by atoms with van der Waals surface area (Å²) >= 11 is 0. The van der Waals surface area contributed by atoms with Gasteiger partial charge in [-0.2, -0.15) is 10.5 Å². The first kappa shape index (κ1) is 12.6. The fraction of sp³-hybridized carbons (Fsp3) is 0.167. The number of nitriles is 2. The zero-order valence-corrected chi connectivity index (χ0v) is 7.00. The van der Waals surface area contributed by atoms with Gasteiger partial charge in [0.25, 0.3) is 0 Å². The van der Waals surface area contributed by atoms with Crippen molar-refractivity contribution in [2.75, 3.05) is 0 Å². The van der Waals surface area contributed by atoms with E-state index >= 15 is 0 Å². The van der Waals surface area contributed by atoms with Crippen LogP contribution in [0.1, 0.15) is 11.4 Å². The largest absolute Gasteiger partial charge is 0.490 e. The Morgan fingerprint density at radius 2 is 1.86 bits per heavy atom. The molecule has 0 fully saturated rings. The smallest absolute Gasteiger partial charge is 0.230 e. The molecule has 14 heavy (non-hydrogen) atoms. The minimum Gasteiger partial charge on any atom is -0.230 e. The van der Waals surface area contributed by atoms with Gasteiger partial charge in [-0.25, -0.2) is 9.55 Å². The van der Waals surface area contributed by atoms with E-state index in [0.29, 0.717) is 6.33 Å². The summed E-state index contributed by atoms with van der Waals surface area (Å²) < 4.78 is 35.8. The minimum absolute atomic E-state index is 0. The number of imidazole rings is 1. The van der Waals surface area contributed by atoms with Gasteiger partial charge in [0, 0.05) is 18.9 Å². The minimum atomic E-state index is -4.72. The van der Waals surface area contributed by atoms with Crippen LogP contribution in [0.3, 0.4) is 0 Å². The summed E-state index contributed by atoms with van der Waals surface area (Å²) in [6.07, 6.45) is -4.32. The molecule has 0 aliphatic rings. The Bertz CT molecular complexity index is 408. The first-order valence-corrected chi connectivity index (χ1v) is 2.95. The standard InChI is InChI=1S/C6HF3N4.Li/c7-6(8,9)13-3-12-4(1-10)5(13)2-11;/h3H;. The van der Waals surface area contributed by atoms with E-state index in [4.69, 9.17) is 10.5 Å². The van der Waals surface area contributed by atoms with E-state index in [2.05, 4.69) is 4.98 Å². The Labute approximate surface area is 88.7 Å². The number of halogens is 3. The van der Waals surface area contributed by atoms with Crippen molar-refractivity contribution in [2.24, 2.45) is 0 Å². The quantitative estimate of drug-likeness (QED) is 0.570. The molecule has 0 atom stereocenters. The van der Waals surface area contributed by atoms with Gasteiger partial charge in [-0.3, -0.25) is 0 Å². The molecule has 4 nitrogen and oxygen atoms in total. The number of hydrogen-bond acceptors (Lipinski definition) is 3. The summed E-state index contributed by atoms with van der Waals surface area (Å²) in [5, 5.41) is 16.6. The first-order chi connectivity index (χ1) is 6.00. The van der Waals surface area contributed by atoms with Crippen molar-refractivity contribution in [3.63, 3.8) is 0 Å². The van der Waals surface area contributed by atoms with Gasteiger partial charge in [0.1, 0.15) is 18.5 Å². The summed E-state index contributed by atoms with van der Waals surface area (Å²) in [6.45, 7) is 0. The average molecular weight is 193 g/mol. The van der Waals surface area contributed by atoms with E-state index in [9.17, 15) is 13.2 Å². The van der Waals surface area contributed by atoms with Crippen molar-refractivity contribution in [3.8, 4) is 12.1 Å². The molecule has 1 heterocycles. The van der Waals surface area contributed by atoms with E-state index in [0.717, 1.165) is 0 Å². The maximum atomic E-state index is 12.0. The van der Waals surface area contributed by atoms with Gasteiger partial charge in [-0.15, -0.1) is 13.2 Å². The number of hydrogen-bond donors (Lipinski definition) is 0. The molecule has 0 N–H and O–H groups in total. The van der Waals surface area contributed by atoms with Crippen LogP contribution in [0.25, 0.3) is 0 Å². The van der Waals surface area contributed by atoms with Crippen LogP contribution in [0.2, 0.25) is 0 Å². The van der Waals surface area contributed by atoms with Crippen molar-refractivity contribution < 1.29 is 13.2 Å². The Balaban J connectivity index is 0.00000169. The van der Waals surface area contributed by atoms with E-state index in [-0.39, 0.29) is 23.4 Å². The van der Waals surface area contributed by atoms with Crippen LogP contribution in [0, 0.1) is 22.7 Å². The first-order valence-electron chi connectivity index (χ1n) is 2.95. The van der Waals surface area contributed by atoms with E-state index in [1.807, 2.05) is 0 Å². The third-order valence-corrected chi connectivity index (χ3v) is 1.25. The molecule has 1 aromatic rings. The van der Waals surface area contributed by atoms with Gasteiger partial charge < -0.3 is 0 Å². The maximum Gasteiger partial charge on any atom is 0.490 e. The summed E-state index contributed by atoms with van der Waals surface area (Å²) in [5.41, 5.74) is -1.32. The third kappa shape index (κ3) is 2.08. The van der Waals surface area contributed by atoms with E-state index in [1.165, 1.54) is 12.1 Å². The second kappa shape index (κ2) is 4.19. The molecule has 0 aliphatic carbocycles. The molecular weight excluding hydrogens is 192 g/mol. The second-order valence-electron chi connectivity index (χ2n) is 2.00. The predicted octanol–water partition coefficient (Wildman–Crippen LogP) is 0.722. The normalized spacial score (nSPS) is 9.79. The van der Waals surface area contributed by atoms with E-state index in [1.54, 1.807) is 0 Å². The van der Waals surface area contributed by atoms with Crippen molar-refractivity contribution in [3.05, 3.63) is 17.7 Å². The topological polar surface area (TPSA) is 65.4 Å². The Morgan fingerprint density at radius 1 is 1.29 bits per heavy atom. The second-order valence-corrected chi connectivity index (χ2v) is 2.00. The summed E-state index contributed by atoms with van der Waals surface area (Å²) in [5.74, 6) is 0. The summed E-state index contributed by atoms with van der Waals surface area (Å²) in [4.78, 5) is 3.13. The molecular formula is C6HF3LiN4. The van der Waals surface area contributed by atoms with Gasteiger partial charge in [-0.1, -0.05) is 0 Å². The predicted molar refractivity (Wildman–Crippen MR) is 38.7 cm³/mol. The Kier molecular flexibility index (Phi) is 3.77. The average Bonchev–Trinajstić information content (AvgIpc) is 2.45. The maximum absolute atomic E-state index is 12.0. The molecule has 1 radical (unpaired) electrons. The summed E-state index contributed by atoms with van der Waals surface area (Å²) in [6, 6.07) is 2.64. The van der Waals surface area contributed by atoms with Gasteiger partial charge in [-0.05, 0) is 0 Å². The van der Waals surface area contributed by atoms with Gasteiger partial charge in [0.05, 0.1) is 0 Å². The molecule has 0 saturated heterocycles. The molecule has 0 spiro atoms. The molecule has 0 amide bonds. The van der Waals surface area contributed by atoms with Gasteiger partial charge in [0.2, 0.25) is 0 Å². The van der Waals surface area contributed by atoms with Crippen LogP contribution in [-0.4, -0.2) is 28.4 Å². The van der Waals surface area contributed by atoms with Gasteiger partial charge >= 0.3 is 6.30 Å². The fourth-order valence-electron chi connectivity index (χ4n) is 0.729. The summed E-state index contributed by atoms with van der Waals surface area (Å²) in [7, 11) is 0. The van der Waals surface area contributed by atoms with E-state index < -0.39 is 17.7 Å². The SMILES string of the molecule is N#Cc1ncn(C(F)(F)F)c1C#N.[Li]. The molecule has 8 heteroatoms. The number of rotatable bonds is 0. The molecule has 0 bridgehead atoms. The van der Waals surface area contributed by atoms with Crippen LogP contribution in [0.5, 0.6) is 0 Å². The van der Waals surface area contributed by atoms with Crippen molar-refractivity contribution >= 4 is 18.9 Å². The molecule has 67 valence electrons. The van der Waals surface area contributed by atoms with Crippen molar-refractivity contribution in [2.45, 2.75) is 6.30 Å². The van der Waals surface area contributed by atoms with Crippen LogP contribution in [-0.2, 0) is 6.30 Å². The number of nitrogens with zero attached hydrogens (tertiary/aromatic N) is 4. The monoisotopic (exact) mass is 193 g/mol. The molecule has 1 rings (SSSR count). The Hall–Kier alpha value is -1.42. The Morgan fingerprint density at radius 3 is 2.21 bits per heavy atom. The molecule has 0 aliphatic heterocycles. The number of alkyl halides is 3. The fourth-order valence-corrected chi connectivity index (χ4v) is 0.729. The molecule has 0 unspecified atom stereocenters. The third-order valence-electron chi connectivity index (χ3n) is 1.25. The molecule has 0 saturated carbocycles. The van der Waals surface area contributed by atoms with Crippen molar-refractivity contribution in [1.29, 1.82) is 10.5 Å².